The number of methoxy groups -OCH3 is 1. The molecule has 2 rings (SSSR count). The second-order valence-corrected chi connectivity index (χ2v) is 5.66. The number of rotatable bonds is 6. The summed E-state index contributed by atoms with van der Waals surface area (Å²) >= 11 is 0. The summed E-state index contributed by atoms with van der Waals surface area (Å²) in [6.07, 6.45) is -5.38. The number of halogens is 3. The first kappa shape index (κ1) is 19.7. The Kier molecular flexibility index (Phi) is 6.15. The van der Waals surface area contributed by atoms with Crippen molar-refractivity contribution >= 4 is 11.8 Å². The maximum absolute atomic E-state index is 12.6. The third-order valence-corrected chi connectivity index (χ3v) is 3.89. The highest BCUT2D eigenvalue weighted by Crippen LogP contribution is 2.30. The van der Waals surface area contributed by atoms with Crippen molar-refractivity contribution in [1.82, 2.24) is 0 Å². The van der Waals surface area contributed by atoms with E-state index in [1.165, 1.54) is 19.2 Å². The van der Waals surface area contributed by atoms with Crippen molar-refractivity contribution < 1.29 is 32.6 Å². The van der Waals surface area contributed by atoms with Gasteiger partial charge in [0.15, 0.2) is 5.78 Å². The fraction of sp³-hybridized carbons (Fsp3) is 0.263. The maximum atomic E-state index is 12.6. The summed E-state index contributed by atoms with van der Waals surface area (Å²) in [5.74, 6) is -0.966. The zero-order valence-electron chi connectivity index (χ0n) is 13.9. The Balaban J connectivity index is 2.06. The lowest BCUT2D eigenvalue weighted by Crippen LogP contribution is -2.13. The third-order valence-electron chi connectivity index (χ3n) is 3.89. The summed E-state index contributed by atoms with van der Waals surface area (Å²) in [4.78, 5) is 23.4. The summed E-state index contributed by atoms with van der Waals surface area (Å²) < 4.78 is 42.2. The number of hydrogen-bond acceptors (Lipinski definition) is 4. The standard InChI is InChI=1S/C19H17F3O4/c1-26-16(23)11-4-12-2-5-13(6-3-12)17(24)18(25)14-7-9-15(10-8-14)19(20,21)22/h2-3,5-10,18,25H,4,11H2,1H3. The number of carbonyl (C=O) groups is 2. The lowest BCUT2D eigenvalue weighted by atomic mass is 9.97. The van der Waals surface area contributed by atoms with Crippen LogP contribution < -0.4 is 0 Å². The van der Waals surface area contributed by atoms with E-state index >= 15 is 0 Å². The molecule has 0 radical (unpaired) electrons. The fourth-order valence-electron chi connectivity index (χ4n) is 2.35. The molecule has 0 aliphatic heterocycles. The fourth-order valence-corrected chi connectivity index (χ4v) is 2.35. The molecule has 0 saturated carbocycles. The molecule has 1 unspecified atom stereocenters. The highest BCUT2D eigenvalue weighted by Gasteiger charge is 2.30. The molecule has 0 aromatic heterocycles. The molecule has 0 fully saturated rings. The quantitative estimate of drug-likeness (QED) is 0.625. The first-order valence-electron chi connectivity index (χ1n) is 7.77. The van der Waals surface area contributed by atoms with Crippen LogP contribution in [-0.2, 0) is 22.1 Å². The number of alkyl halides is 3. The van der Waals surface area contributed by atoms with Gasteiger partial charge >= 0.3 is 12.1 Å². The number of esters is 1. The molecule has 2 aromatic rings. The van der Waals surface area contributed by atoms with Crippen LogP contribution in [0.3, 0.4) is 0 Å². The topological polar surface area (TPSA) is 63.6 Å². The van der Waals surface area contributed by atoms with Crippen molar-refractivity contribution in [3.05, 3.63) is 70.8 Å². The van der Waals surface area contributed by atoms with Crippen LogP contribution in [-0.4, -0.2) is 24.0 Å². The van der Waals surface area contributed by atoms with E-state index in [1.807, 2.05) is 0 Å². The Labute approximate surface area is 148 Å². The van der Waals surface area contributed by atoms with Crippen LogP contribution in [0.4, 0.5) is 13.2 Å². The molecule has 4 nitrogen and oxygen atoms in total. The first-order valence-corrected chi connectivity index (χ1v) is 7.77. The summed E-state index contributed by atoms with van der Waals surface area (Å²) in [5, 5.41) is 10.1. The van der Waals surface area contributed by atoms with Gasteiger partial charge in [0.1, 0.15) is 6.10 Å². The number of aliphatic hydroxyl groups excluding tert-OH is 1. The molecule has 0 aliphatic rings. The van der Waals surface area contributed by atoms with E-state index in [2.05, 4.69) is 4.74 Å². The molecule has 0 amide bonds. The van der Waals surface area contributed by atoms with E-state index in [9.17, 15) is 27.9 Å². The second-order valence-electron chi connectivity index (χ2n) is 5.66. The van der Waals surface area contributed by atoms with E-state index in [0.717, 1.165) is 29.8 Å². The molecular weight excluding hydrogens is 349 g/mol. The number of aliphatic hydroxyl groups is 1. The minimum Gasteiger partial charge on any atom is -0.469 e. The largest absolute Gasteiger partial charge is 0.469 e. The molecule has 26 heavy (non-hydrogen) atoms. The van der Waals surface area contributed by atoms with Gasteiger partial charge in [-0.3, -0.25) is 9.59 Å². The van der Waals surface area contributed by atoms with Crippen molar-refractivity contribution in [1.29, 1.82) is 0 Å². The van der Waals surface area contributed by atoms with E-state index < -0.39 is 23.6 Å². The molecule has 0 aliphatic carbocycles. The van der Waals surface area contributed by atoms with Gasteiger partial charge in [0, 0.05) is 12.0 Å². The van der Waals surface area contributed by atoms with Gasteiger partial charge in [-0.1, -0.05) is 36.4 Å². The highest BCUT2D eigenvalue weighted by atomic mass is 19.4. The summed E-state index contributed by atoms with van der Waals surface area (Å²) in [6.45, 7) is 0. The van der Waals surface area contributed by atoms with E-state index in [0.29, 0.717) is 6.42 Å². The summed E-state index contributed by atoms with van der Waals surface area (Å²) in [7, 11) is 1.30. The van der Waals surface area contributed by atoms with Gasteiger partial charge in [-0.2, -0.15) is 13.2 Å². The molecule has 0 heterocycles. The molecule has 7 heteroatoms. The molecule has 0 spiro atoms. The Morgan fingerprint density at radius 2 is 1.62 bits per heavy atom. The van der Waals surface area contributed by atoms with E-state index in [1.54, 1.807) is 12.1 Å². The predicted octanol–water partition coefficient (Wildman–Crippen LogP) is 3.73. The number of hydrogen-bond donors (Lipinski definition) is 1. The zero-order valence-corrected chi connectivity index (χ0v) is 13.9. The summed E-state index contributed by atoms with van der Waals surface area (Å²) in [6, 6.07) is 10.1. The molecule has 1 atom stereocenters. The van der Waals surface area contributed by atoms with Crippen LogP contribution in [0.1, 0.15) is 39.6 Å². The third kappa shape index (κ3) is 4.92. The number of ketones is 1. The van der Waals surface area contributed by atoms with Gasteiger partial charge in [-0.25, -0.2) is 0 Å². The van der Waals surface area contributed by atoms with Gasteiger partial charge in [-0.05, 0) is 29.7 Å². The van der Waals surface area contributed by atoms with E-state index in [4.69, 9.17) is 0 Å². The average Bonchev–Trinajstić information content (AvgIpc) is 2.64. The molecule has 1 N–H and O–H groups in total. The minimum absolute atomic E-state index is 0.0813. The van der Waals surface area contributed by atoms with Crippen molar-refractivity contribution in [2.75, 3.05) is 7.11 Å². The smallest absolute Gasteiger partial charge is 0.416 e. The Morgan fingerprint density at radius 1 is 1.04 bits per heavy atom. The van der Waals surface area contributed by atoms with E-state index in [-0.39, 0.29) is 23.5 Å². The molecule has 2 aromatic carbocycles. The first-order chi connectivity index (χ1) is 12.2. The van der Waals surface area contributed by atoms with Crippen molar-refractivity contribution in [3.8, 4) is 0 Å². The monoisotopic (exact) mass is 366 g/mol. The number of aryl methyl sites for hydroxylation is 1. The normalized spacial score (nSPS) is 12.5. The Bertz CT molecular complexity index is 765. The van der Waals surface area contributed by atoms with Crippen LogP contribution >= 0.6 is 0 Å². The Hall–Kier alpha value is -2.67. The van der Waals surface area contributed by atoms with Crippen LogP contribution in [0.15, 0.2) is 48.5 Å². The van der Waals surface area contributed by atoms with Crippen LogP contribution in [0.5, 0.6) is 0 Å². The highest BCUT2D eigenvalue weighted by molar-refractivity contribution is 5.99. The van der Waals surface area contributed by atoms with Crippen LogP contribution in [0.25, 0.3) is 0 Å². The maximum Gasteiger partial charge on any atom is 0.416 e. The lowest BCUT2D eigenvalue weighted by molar-refractivity contribution is -0.140. The SMILES string of the molecule is COC(=O)CCc1ccc(C(=O)C(O)c2ccc(C(F)(F)F)cc2)cc1. The second kappa shape index (κ2) is 8.14. The minimum atomic E-state index is -4.48. The van der Waals surface area contributed by atoms with Crippen molar-refractivity contribution in [2.24, 2.45) is 0 Å². The van der Waals surface area contributed by atoms with Gasteiger partial charge < -0.3 is 9.84 Å². The Morgan fingerprint density at radius 3 is 2.12 bits per heavy atom. The predicted molar refractivity (Wildman–Crippen MR) is 87.5 cm³/mol. The number of Topliss-reactive ketones (excluding diaryl/α,β-unsaturated/α-hetero) is 1. The number of carbonyl (C=O) groups excluding carboxylic acids is 2. The van der Waals surface area contributed by atoms with Gasteiger partial charge in [-0.15, -0.1) is 0 Å². The van der Waals surface area contributed by atoms with Crippen molar-refractivity contribution in [3.63, 3.8) is 0 Å². The number of ether oxygens (including phenoxy) is 1. The molecule has 138 valence electrons. The molecular formula is C19H17F3O4. The molecule has 0 bridgehead atoms. The zero-order chi connectivity index (χ0) is 19.3. The summed E-state index contributed by atoms with van der Waals surface area (Å²) in [5.41, 5.74) is 0.267. The molecule has 0 saturated heterocycles. The van der Waals surface area contributed by atoms with Crippen LogP contribution in [0.2, 0.25) is 0 Å². The van der Waals surface area contributed by atoms with Gasteiger partial charge in [0.05, 0.1) is 12.7 Å². The average molecular weight is 366 g/mol. The van der Waals surface area contributed by atoms with Crippen LogP contribution in [0, 0.1) is 0 Å². The van der Waals surface area contributed by atoms with Gasteiger partial charge in [0.2, 0.25) is 0 Å². The van der Waals surface area contributed by atoms with Gasteiger partial charge in [0.25, 0.3) is 0 Å². The lowest BCUT2D eigenvalue weighted by Gasteiger charge is -2.12. The number of benzene rings is 2. The van der Waals surface area contributed by atoms with Crippen molar-refractivity contribution in [2.45, 2.75) is 25.1 Å².